The quantitative estimate of drug-likeness (QED) is 0.272. The van der Waals surface area contributed by atoms with Gasteiger partial charge in [-0.1, -0.05) is 13.8 Å². The lowest BCUT2D eigenvalue weighted by Gasteiger charge is -2.41. The Morgan fingerprint density at radius 3 is 2.54 bits per heavy atom. The third-order valence-electron chi connectivity index (χ3n) is 10.3. The number of aromatic nitrogens is 6. The summed E-state index contributed by atoms with van der Waals surface area (Å²) >= 11 is 0. The Morgan fingerprint density at radius 2 is 1.83 bits per heavy atom. The number of rotatable bonds is 7. The van der Waals surface area contributed by atoms with Crippen LogP contribution in [0.3, 0.4) is 0 Å². The Bertz CT molecular complexity index is 2140. The zero-order valence-electron chi connectivity index (χ0n) is 27.5. The van der Waals surface area contributed by atoms with Gasteiger partial charge in [-0.15, -0.1) is 5.10 Å². The van der Waals surface area contributed by atoms with Crippen LogP contribution in [0.25, 0.3) is 22.5 Å². The Balaban J connectivity index is 1.07. The minimum atomic E-state index is -0.353. The molecule has 0 unspecified atom stereocenters. The monoisotopic (exact) mass is 648 g/mol. The molecule has 0 atom stereocenters. The van der Waals surface area contributed by atoms with E-state index in [1.165, 1.54) is 20.4 Å². The van der Waals surface area contributed by atoms with E-state index in [1.54, 1.807) is 37.8 Å². The molecule has 7 heterocycles. The number of pyridine rings is 2. The maximum absolute atomic E-state index is 13.8. The fourth-order valence-electron chi connectivity index (χ4n) is 7.65. The van der Waals surface area contributed by atoms with Gasteiger partial charge >= 0.3 is 0 Å². The van der Waals surface area contributed by atoms with E-state index in [4.69, 9.17) is 4.74 Å². The standard InChI is InChI=1S/C36H40N8O4/c1-36(2)16-23-15-30-35(47)44(13-12-43(30)31(23)17-36)33-27(19-45)26(6-9-37-33)24-14-29(34(46)41(3)18-24)38-32-5-4-28(39-40-32)22-7-10-42(11-8-22)25-20-48-21-25/h4-6,9,12-15,18,22,25,45H,7-8,10-11,16-17,19-21H2,1-3H3,(H,38,40). The second-order valence-corrected chi connectivity index (χ2v) is 14.2. The van der Waals surface area contributed by atoms with Gasteiger partial charge in [0, 0.05) is 54.6 Å². The molecule has 0 spiro atoms. The van der Waals surface area contributed by atoms with Crippen molar-refractivity contribution < 1.29 is 9.84 Å². The highest BCUT2D eigenvalue weighted by atomic mass is 16.5. The second kappa shape index (κ2) is 11.8. The molecular formula is C36H40N8O4. The average molecular weight is 649 g/mol. The lowest BCUT2D eigenvalue weighted by molar-refractivity contribution is -0.0713. The smallest absolute Gasteiger partial charge is 0.280 e. The lowest BCUT2D eigenvalue weighted by Crippen LogP contribution is -2.51. The number of nitrogens with one attached hydrogen (secondary N) is 1. The van der Waals surface area contributed by atoms with E-state index in [1.807, 2.05) is 28.8 Å². The molecule has 8 rings (SSSR count). The first kappa shape index (κ1) is 30.7. The van der Waals surface area contributed by atoms with Crippen LogP contribution in [0.15, 0.2) is 64.7 Å². The van der Waals surface area contributed by atoms with Crippen LogP contribution in [0.1, 0.15) is 55.1 Å². The molecule has 0 amide bonds. The van der Waals surface area contributed by atoms with Gasteiger partial charge in [-0.3, -0.25) is 19.1 Å². The summed E-state index contributed by atoms with van der Waals surface area (Å²) in [4.78, 5) is 34.1. The number of piperidine rings is 1. The van der Waals surface area contributed by atoms with Crippen molar-refractivity contribution in [3.8, 4) is 16.9 Å². The summed E-state index contributed by atoms with van der Waals surface area (Å²) in [5.74, 6) is 1.18. The number of hydrogen-bond acceptors (Lipinski definition) is 9. The molecule has 5 aromatic rings. The van der Waals surface area contributed by atoms with Gasteiger partial charge in [0.1, 0.15) is 17.0 Å². The first-order valence-corrected chi connectivity index (χ1v) is 16.7. The summed E-state index contributed by atoms with van der Waals surface area (Å²) in [5.41, 5.74) is 5.80. The molecule has 0 radical (unpaired) electrons. The van der Waals surface area contributed by atoms with Crippen LogP contribution in [-0.4, -0.2) is 71.1 Å². The van der Waals surface area contributed by atoms with Crippen LogP contribution in [-0.2, 0) is 31.2 Å². The van der Waals surface area contributed by atoms with E-state index >= 15 is 0 Å². The second-order valence-electron chi connectivity index (χ2n) is 14.2. The molecule has 0 saturated carbocycles. The first-order valence-electron chi connectivity index (χ1n) is 16.7. The minimum absolute atomic E-state index is 0.170. The zero-order chi connectivity index (χ0) is 33.2. The highest BCUT2D eigenvalue weighted by Gasteiger charge is 2.32. The van der Waals surface area contributed by atoms with Gasteiger partial charge in [0.2, 0.25) is 0 Å². The van der Waals surface area contributed by atoms with Gasteiger partial charge < -0.3 is 24.1 Å². The predicted molar refractivity (Wildman–Crippen MR) is 182 cm³/mol. The van der Waals surface area contributed by atoms with Crippen LogP contribution in [0.5, 0.6) is 0 Å². The van der Waals surface area contributed by atoms with Crippen LogP contribution >= 0.6 is 0 Å². The summed E-state index contributed by atoms with van der Waals surface area (Å²) in [5, 5.41) is 22.7. The molecule has 2 aliphatic heterocycles. The number of anilines is 2. The summed E-state index contributed by atoms with van der Waals surface area (Å²) in [6.07, 6.45) is 10.9. The van der Waals surface area contributed by atoms with Crippen molar-refractivity contribution in [2.45, 2.75) is 58.1 Å². The molecule has 12 heteroatoms. The van der Waals surface area contributed by atoms with Crippen molar-refractivity contribution >= 4 is 17.0 Å². The molecule has 12 nitrogen and oxygen atoms in total. The summed E-state index contributed by atoms with van der Waals surface area (Å²) in [6, 6.07) is 9.92. The number of aliphatic hydroxyl groups is 1. The fourth-order valence-corrected chi connectivity index (χ4v) is 7.65. The third-order valence-corrected chi connectivity index (χ3v) is 10.3. The first-order chi connectivity index (χ1) is 23.2. The SMILES string of the molecule is Cn1cc(-c2ccnc(-n3ccn4c5c(cc4c3=O)CC(C)(C)C5)c2CO)cc(Nc2ccc(C3CCN(C4COC4)CC3)nn2)c1=O. The largest absolute Gasteiger partial charge is 0.392 e. The van der Waals surface area contributed by atoms with E-state index in [-0.39, 0.29) is 23.1 Å². The summed E-state index contributed by atoms with van der Waals surface area (Å²) < 4.78 is 10.3. The average Bonchev–Trinajstić information content (AvgIpc) is 3.55. The van der Waals surface area contributed by atoms with E-state index in [2.05, 4.69) is 39.2 Å². The van der Waals surface area contributed by atoms with E-state index in [9.17, 15) is 14.7 Å². The Labute approximate surface area is 277 Å². The number of aliphatic hydroxyl groups excluding tert-OH is 1. The Hall–Kier alpha value is -4.65. The molecule has 2 fully saturated rings. The molecule has 5 aromatic heterocycles. The number of nitrogens with zero attached hydrogens (tertiary/aromatic N) is 7. The van der Waals surface area contributed by atoms with Gasteiger partial charge in [-0.05, 0) is 85.6 Å². The van der Waals surface area contributed by atoms with Crippen molar-refractivity contribution in [1.29, 1.82) is 0 Å². The van der Waals surface area contributed by atoms with Gasteiger partial charge in [0.05, 0.1) is 31.6 Å². The third kappa shape index (κ3) is 5.33. The molecule has 2 N–H and O–H groups in total. The minimum Gasteiger partial charge on any atom is -0.392 e. The summed E-state index contributed by atoms with van der Waals surface area (Å²) in [6.45, 7) is 7.86. The number of ether oxygens (including phenoxy) is 1. The molecule has 0 aromatic carbocycles. The van der Waals surface area contributed by atoms with Crippen LogP contribution in [0, 0.1) is 5.41 Å². The topological polar surface area (TPSA) is 132 Å². The van der Waals surface area contributed by atoms with Crippen LogP contribution in [0.4, 0.5) is 11.5 Å². The molecule has 1 aliphatic carbocycles. The van der Waals surface area contributed by atoms with Crippen molar-refractivity contribution in [3.05, 3.63) is 98.3 Å². The zero-order valence-corrected chi connectivity index (χ0v) is 27.5. The number of aryl methyl sites for hydroxylation is 1. The maximum atomic E-state index is 13.8. The molecular weight excluding hydrogens is 608 g/mol. The number of likely N-dealkylation sites (tertiary alicyclic amines) is 1. The maximum Gasteiger partial charge on any atom is 0.280 e. The normalized spacial score (nSPS) is 18.2. The van der Waals surface area contributed by atoms with Gasteiger partial charge in [0.25, 0.3) is 11.1 Å². The predicted octanol–water partition coefficient (Wildman–Crippen LogP) is 3.58. The van der Waals surface area contributed by atoms with Crippen LogP contribution < -0.4 is 16.4 Å². The van der Waals surface area contributed by atoms with Crippen LogP contribution in [0.2, 0.25) is 0 Å². The van der Waals surface area contributed by atoms with Crippen molar-refractivity contribution in [1.82, 2.24) is 33.6 Å². The molecule has 0 bridgehead atoms. The van der Waals surface area contributed by atoms with Crippen molar-refractivity contribution in [3.63, 3.8) is 0 Å². The highest BCUT2D eigenvalue weighted by Crippen LogP contribution is 2.37. The molecule has 248 valence electrons. The molecule has 2 saturated heterocycles. The van der Waals surface area contributed by atoms with Crippen molar-refractivity contribution in [2.24, 2.45) is 12.5 Å². The highest BCUT2D eigenvalue weighted by molar-refractivity contribution is 5.73. The molecule has 48 heavy (non-hydrogen) atoms. The van der Waals surface area contributed by atoms with Gasteiger partial charge in [-0.25, -0.2) is 4.98 Å². The number of hydrogen-bond donors (Lipinski definition) is 2. The molecule has 3 aliphatic rings. The lowest BCUT2D eigenvalue weighted by atomic mass is 9.90. The Kier molecular flexibility index (Phi) is 7.54. The van der Waals surface area contributed by atoms with Gasteiger partial charge in [0.15, 0.2) is 5.82 Å². The van der Waals surface area contributed by atoms with Gasteiger partial charge in [-0.2, -0.15) is 5.10 Å². The Morgan fingerprint density at radius 1 is 1.02 bits per heavy atom. The number of fused-ring (bicyclic) bond motifs is 3. The van der Waals surface area contributed by atoms with E-state index < -0.39 is 0 Å². The van der Waals surface area contributed by atoms with E-state index in [0.29, 0.717) is 51.5 Å². The summed E-state index contributed by atoms with van der Waals surface area (Å²) in [7, 11) is 1.68. The van der Waals surface area contributed by atoms with Crippen molar-refractivity contribution in [2.75, 3.05) is 31.6 Å². The fraction of sp³-hybridized carbons (Fsp3) is 0.417. The van der Waals surface area contributed by atoms with E-state index in [0.717, 1.165) is 57.7 Å².